The van der Waals surface area contributed by atoms with Crippen molar-refractivity contribution in [2.75, 3.05) is 159 Å². The number of hydroxylamine groups is 2. The zero-order valence-electron chi connectivity index (χ0n) is 84.0. The molecule has 1 aliphatic carbocycles. The lowest BCUT2D eigenvalue weighted by Gasteiger charge is -2.26. The van der Waals surface area contributed by atoms with Crippen LogP contribution in [0.25, 0.3) is 0 Å². The number of benzene rings is 3. The smallest absolute Gasteiger partial charge is 0.357 e. The van der Waals surface area contributed by atoms with Gasteiger partial charge in [0.05, 0.1) is 164 Å². The Morgan fingerprint density at radius 1 is 0.415 bits per heavy atom. The first kappa shape index (κ1) is 125. The molecule has 0 N–H and O–H groups in total. The SMILES string of the molecule is C=C(C(Cc1ccc(C)cc1)C(=O)OCC)P1(=O)OCCO1.C=C(C(Cc1ccc(C)cc1)C(=O)OCC)P1(=O)OCCO1.C=C(CC(=O)N(C)OC)P1(=O)OCCO1.C=C(CC(=O)N1C(=O)CCC1C(C)C)P1(=O)OCCO1.C=C(CC)P1(=O)OCCO1.C=C(CC)P1(=O)OCCO1.C=C(CC)P1(=O)OCCO1.C=C(CP(C)(=O)c1ccccc1)P1(=O)OCCO1.CCC(=C1CCCCC1)P1(=O)OCCO1. The molecular weight excluding hydrogens is 2040 g/mol. The number of rotatable bonds is 32. The minimum Gasteiger partial charge on any atom is -0.466 e. The molecule has 1 saturated carbocycles. The Balaban J connectivity index is 0.000000248. The first-order valence-electron chi connectivity index (χ1n) is 47.0. The summed E-state index contributed by atoms with van der Waals surface area (Å²) < 4.78 is 222. The number of nitrogens with zero attached hydrogens (tertiary/aromatic N) is 2. The largest absolute Gasteiger partial charge is 0.466 e. The molecule has 796 valence electrons. The number of imide groups is 1. The molecule has 0 spiro atoms. The third-order valence-corrected chi connectivity index (χ3v) is 44.1. The van der Waals surface area contributed by atoms with Crippen LogP contribution in [0.4, 0.5) is 0 Å². The third kappa shape index (κ3) is 37.3. The standard InChI is InChI=1S/2C16H21O5P.C13H20NO5P.C12H16O4P2.C11H19O3P.C8H14NO5P.3C6H11O3P/c2*1-4-19-16(17)15(11-14-7-5-12(2)6-8-14)13(3)22(18)20-9-10-21-22;1-9(2)11-4-5-12(15)14(11)13(16)8-10(3)20(17)18-6-7-19-20;1-11(18(14)15-8-9-16-18)10-17(2,13)12-6-4-3-5-7-12;1-2-11(10-6-4-3-5-7-10)15(12)13-8-9-14-15;1-7(6-8(10)9(2)12-3)15(11)13-4-5-14-15;3*1-3-6(2)10(7)8-4-5-9-10/h2*5-8,15H,3-4,9-11H2,1-2H3;9,11H,3-8H2,1-2H3;3-7H,1,8-10H2,2H3;2-9H2,1H3;1,4-6H2,2-3H3;3*2-5H2,1H3. The van der Waals surface area contributed by atoms with E-state index in [-0.39, 0.29) is 136 Å². The number of hydrogen-bond donors (Lipinski definition) is 0. The monoisotopic (exact) mass is 2190 g/mol. The van der Waals surface area contributed by atoms with Crippen LogP contribution in [0.15, 0.2) is 185 Å². The number of carbonyl (C=O) groups is 5. The Labute approximate surface area is 836 Å². The van der Waals surface area contributed by atoms with E-state index in [1.54, 1.807) is 32.6 Å². The number of ether oxygens (including phenoxy) is 2. The van der Waals surface area contributed by atoms with Gasteiger partial charge in [-0.05, 0) is 122 Å². The molecule has 10 saturated heterocycles. The van der Waals surface area contributed by atoms with E-state index in [0.717, 1.165) is 57.2 Å². The average molecular weight is 2190 g/mol. The fraction of sp³-hybridized carbons (Fsp3) is 0.564. The first-order chi connectivity index (χ1) is 67.0. The molecule has 10 heterocycles. The fourth-order valence-electron chi connectivity index (χ4n) is 14.5. The maximum absolute atomic E-state index is 12.6. The summed E-state index contributed by atoms with van der Waals surface area (Å²) in [4.78, 5) is 66.0. The van der Waals surface area contributed by atoms with Gasteiger partial charge in [-0.25, -0.2) is 5.06 Å². The zero-order valence-corrected chi connectivity index (χ0v) is 92.9. The van der Waals surface area contributed by atoms with Crippen LogP contribution < -0.4 is 5.30 Å². The molecule has 10 aliphatic heterocycles. The molecule has 0 bridgehead atoms. The Kier molecular flexibility index (Phi) is 52.6. The highest BCUT2D eigenvalue weighted by Gasteiger charge is 2.47. The van der Waals surface area contributed by atoms with Gasteiger partial charge in [0.15, 0.2) is 0 Å². The topological polar surface area (TPSA) is 456 Å². The minimum absolute atomic E-state index is 0.0887. The van der Waals surface area contributed by atoms with Crippen LogP contribution in [0, 0.1) is 31.6 Å². The van der Waals surface area contributed by atoms with E-state index in [2.05, 4.69) is 57.5 Å². The van der Waals surface area contributed by atoms with Crippen LogP contribution in [0.5, 0.6) is 0 Å². The van der Waals surface area contributed by atoms with Gasteiger partial charge in [0.25, 0.3) is 5.91 Å². The molecule has 4 atom stereocenters. The highest BCUT2D eigenvalue weighted by atomic mass is 31.2. The van der Waals surface area contributed by atoms with Crippen LogP contribution in [-0.4, -0.2) is 205 Å². The molecule has 4 unspecified atom stereocenters. The van der Waals surface area contributed by atoms with Gasteiger partial charge in [0.2, 0.25) is 11.8 Å². The van der Waals surface area contributed by atoms with Crippen molar-refractivity contribution in [1.82, 2.24) is 9.96 Å². The van der Waals surface area contributed by atoms with Gasteiger partial charge >= 0.3 is 80.3 Å². The zero-order chi connectivity index (χ0) is 106. The van der Waals surface area contributed by atoms with Crippen LogP contribution in [0.1, 0.15) is 161 Å². The summed E-state index contributed by atoms with van der Waals surface area (Å²) in [5.74, 6) is -3.09. The van der Waals surface area contributed by atoms with Crippen molar-refractivity contribution in [3.05, 3.63) is 207 Å². The van der Waals surface area contributed by atoms with E-state index in [1.165, 1.54) is 43.9 Å². The Morgan fingerprint density at radius 2 is 0.718 bits per heavy atom. The van der Waals surface area contributed by atoms with Gasteiger partial charge in [-0.1, -0.05) is 196 Å². The average Bonchev–Trinajstić information content (AvgIpc) is 1.63. The summed E-state index contributed by atoms with van der Waals surface area (Å²) in [7, 11) is -28.0. The van der Waals surface area contributed by atoms with Gasteiger partial charge in [-0.15, -0.1) is 0 Å². The van der Waals surface area contributed by atoms with Crippen molar-refractivity contribution in [2.45, 2.75) is 172 Å². The maximum Gasteiger partial charge on any atom is 0.357 e. The van der Waals surface area contributed by atoms with E-state index < -0.39 is 99.3 Å². The summed E-state index contributed by atoms with van der Waals surface area (Å²) in [6.07, 6.45) is 10.3. The lowest BCUT2D eigenvalue weighted by molar-refractivity contribution is -0.167. The third-order valence-electron chi connectivity index (χ3n) is 22.7. The van der Waals surface area contributed by atoms with E-state index >= 15 is 0 Å². The predicted molar refractivity (Wildman–Crippen MR) is 543 cm³/mol. The Hall–Kier alpha value is -5.59. The fourth-order valence-corrected chi connectivity index (χ4v) is 31.1. The van der Waals surface area contributed by atoms with Gasteiger partial charge in [-0.2, -0.15) is 0 Å². The van der Waals surface area contributed by atoms with Crippen LogP contribution in [0.3, 0.4) is 0 Å². The summed E-state index contributed by atoms with van der Waals surface area (Å²) in [6, 6.07) is 24.6. The van der Waals surface area contributed by atoms with Crippen molar-refractivity contribution in [3.63, 3.8) is 0 Å². The summed E-state index contributed by atoms with van der Waals surface area (Å²) >= 11 is 0. The number of carbonyl (C=O) groups excluding carboxylic acids is 5. The molecule has 14 rings (SSSR count). The van der Waals surface area contributed by atoms with Gasteiger partial charge in [0.1, 0.15) is 7.14 Å². The molecule has 3 aromatic carbocycles. The number of allylic oxidation sites excluding steroid dienone is 6. The molecule has 11 fully saturated rings. The van der Waals surface area contributed by atoms with E-state index in [0.29, 0.717) is 132 Å². The van der Waals surface area contributed by atoms with Crippen molar-refractivity contribution in [1.29, 1.82) is 0 Å². The van der Waals surface area contributed by atoms with E-state index in [1.807, 2.05) is 122 Å². The molecule has 11 aliphatic rings. The lowest BCUT2D eigenvalue weighted by Crippen LogP contribution is -2.41. The molecular formula is C94H144N2O36P10. The van der Waals surface area contributed by atoms with Crippen LogP contribution in [-0.2, 0) is 178 Å². The highest BCUT2D eigenvalue weighted by Crippen LogP contribution is 2.67. The number of amides is 3. The molecule has 38 nitrogen and oxygen atoms in total. The quantitative estimate of drug-likeness (QED) is 0.0318. The summed E-state index contributed by atoms with van der Waals surface area (Å²) in [6.45, 7) is 56.8. The van der Waals surface area contributed by atoms with Gasteiger partial charge in [-0.3, -0.25) is 74.8 Å². The highest BCUT2D eigenvalue weighted by molar-refractivity contribution is 7.72. The van der Waals surface area contributed by atoms with Crippen molar-refractivity contribution in [3.8, 4) is 0 Å². The second kappa shape index (κ2) is 59.7. The molecule has 0 aromatic heterocycles. The number of aryl methyl sites for hydroxylation is 2. The maximum atomic E-state index is 12.6. The molecule has 0 radical (unpaired) electrons. The summed E-state index contributed by atoms with van der Waals surface area (Å²) in [5.41, 5.74) is 5.48. The number of likely N-dealkylation sites (tertiary alicyclic amines) is 1. The number of esters is 2. The second-order valence-corrected chi connectivity index (χ2v) is 55.5. The van der Waals surface area contributed by atoms with Gasteiger partial charge < -0.3 is 95.5 Å². The van der Waals surface area contributed by atoms with Crippen molar-refractivity contribution < 1.29 is 165 Å². The second-order valence-electron chi connectivity index (χ2n) is 33.4. The molecule has 142 heavy (non-hydrogen) atoms. The molecule has 48 heteroatoms. The number of hydrogen-bond acceptors (Lipinski definition) is 36. The van der Waals surface area contributed by atoms with E-state index in [9.17, 15) is 69.6 Å². The predicted octanol–water partition coefficient (Wildman–Crippen LogP) is 23.8. The van der Waals surface area contributed by atoms with E-state index in [4.69, 9.17) is 90.9 Å². The lowest BCUT2D eigenvalue weighted by atomic mass is 9.94. The first-order valence-corrected chi connectivity index (χ1v) is 63.2. The normalized spacial score (nSPS) is 21.4. The summed E-state index contributed by atoms with van der Waals surface area (Å²) in [5, 5.41) is 5.41. The molecule has 3 amide bonds. The Bertz CT molecular complexity index is 5100. The minimum atomic E-state index is -3.44. The van der Waals surface area contributed by atoms with Gasteiger partial charge in [0, 0.05) is 78.8 Å². The van der Waals surface area contributed by atoms with Crippen LogP contribution in [0.2, 0.25) is 0 Å². The van der Waals surface area contributed by atoms with Crippen molar-refractivity contribution >= 4 is 110 Å². The molecule has 3 aromatic rings. The van der Waals surface area contributed by atoms with Crippen molar-refractivity contribution in [2.24, 2.45) is 17.8 Å². The Morgan fingerprint density at radius 3 is 1.02 bits per heavy atom. The van der Waals surface area contributed by atoms with Crippen LogP contribution >= 0.6 is 75.5 Å².